The van der Waals surface area contributed by atoms with Gasteiger partial charge in [-0.2, -0.15) is 0 Å². The zero-order valence-electron chi connectivity index (χ0n) is 77.1. The van der Waals surface area contributed by atoms with Crippen LogP contribution in [-0.4, -0.2) is 97.4 Å². The number of nitrogens with one attached hydrogen (secondary N) is 2. The van der Waals surface area contributed by atoms with Crippen molar-refractivity contribution >= 4 is 38.0 Å². The maximum Gasteiger partial charge on any atom is 0.338 e. The first kappa shape index (κ1) is 105. The van der Waals surface area contributed by atoms with Crippen molar-refractivity contribution in [1.29, 1.82) is 0 Å². The number of aromatic amines is 2. The maximum atomic E-state index is 14.5. The molecule has 2 aliphatic heterocycles. The van der Waals surface area contributed by atoms with E-state index >= 15 is 0 Å². The molecule has 2 N–H and O–H groups in total. The lowest BCUT2D eigenvalue weighted by Crippen LogP contribution is -2.58. The molecular formula is C98H164N5O15PSSi. The third kappa shape index (κ3) is 39.3. The summed E-state index contributed by atoms with van der Waals surface area (Å²) < 4.78 is 69.7. The topological polar surface area (TPSA) is 223 Å². The monoisotopic (exact) mass is 1740 g/mol. The highest BCUT2D eigenvalue weighted by atomic mass is 32.5. The van der Waals surface area contributed by atoms with Crippen molar-refractivity contribution in [1.82, 2.24) is 19.1 Å². The summed E-state index contributed by atoms with van der Waals surface area (Å²) in [5.41, 5.74) is -0.610. The van der Waals surface area contributed by atoms with Crippen LogP contribution in [0.3, 0.4) is 0 Å². The molecule has 686 valence electrons. The molecule has 23 heteroatoms. The van der Waals surface area contributed by atoms with Crippen molar-refractivity contribution in [3.05, 3.63) is 124 Å². The lowest BCUT2D eigenvalue weighted by Gasteiger charge is -2.42. The molecule has 7 atom stereocenters. The minimum Gasteiger partial charge on any atom is -0.490 e. The fourth-order valence-corrected chi connectivity index (χ4v) is 24.2. The molecule has 2 aliphatic rings. The van der Waals surface area contributed by atoms with E-state index in [9.17, 15) is 24.0 Å². The van der Waals surface area contributed by atoms with Crippen molar-refractivity contribution in [2.45, 2.75) is 451 Å². The number of carbonyl (C=O) groups excluding carboxylic acids is 1. The van der Waals surface area contributed by atoms with Crippen LogP contribution in [0.5, 0.6) is 17.2 Å². The predicted molar refractivity (Wildman–Crippen MR) is 500 cm³/mol. The van der Waals surface area contributed by atoms with Crippen LogP contribution < -0.4 is 41.9 Å². The molecule has 0 aliphatic carbocycles. The highest BCUT2D eigenvalue weighted by Gasteiger charge is 2.51. The van der Waals surface area contributed by atoms with Gasteiger partial charge in [-0.15, -0.1) is 0 Å². The van der Waals surface area contributed by atoms with Gasteiger partial charge in [0.05, 0.1) is 50.3 Å². The normalized spacial score (nSPS) is 17.3. The molecule has 3 unspecified atom stereocenters. The minimum atomic E-state index is -3.77. The number of carbonyl (C=O) groups is 1. The lowest BCUT2D eigenvalue weighted by atomic mass is 10.0. The van der Waals surface area contributed by atoms with Gasteiger partial charge in [-0.05, 0) is 97.4 Å². The molecule has 4 heterocycles. The molecule has 2 aromatic heterocycles. The minimum absolute atomic E-state index is 0.0235. The Morgan fingerprint density at radius 1 is 0.496 bits per heavy atom. The van der Waals surface area contributed by atoms with E-state index in [4.69, 9.17) is 64.8 Å². The van der Waals surface area contributed by atoms with E-state index in [0.717, 1.165) is 49.3 Å². The second-order valence-corrected chi connectivity index (χ2v) is 43.2. The number of hydrogen-bond donors (Lipinski definition) is 2. The predicted octanol–water partition coefficient (Wildman–Crippen LogP) is 25.6. The molecule has 4 aromatic rings. The van der Waals surface area contributed by atoms with Crippen LogP contribution in [0.1, 0.15) is 422 Å². The first-order valence-corrected chi connectivity index (χ1v) is 53.3. The van der Waals surface area contributed by atoms with Crippen LogP contribution in [0.15, 0.2) is 68.0 Å². The molecule has 0 saturated carbocycles. The third-order valence-electron chi connectivity index (χ3n) is 24.6. The Hall–Kier alpha value is -5.21. The van der Waals surface area contributed by atoms with E-state index in [1.807, 2.05) is 43.3 Å². The molecule has 2 aromatic carbocycles. The number of aryl methyl sites for hydroxylation is 2. The molecule has 0 bridgehead atoms. The smallest absolute Gasteiger partial charge is 0.338 e. The maximum absolute atomic E-state index is 14.5. The van der Waals surface area contributed by atoms with Crippen LogP contribution in [-0.2, 0) is 50.6 Å². The zero-order valence-corrected chi connectivity index (χ0v) is 79.8. The summed E-state index contributed by atoms with van der Waals surface area (Å²) >= 11 is 6.18. The number of H-pyrrole nitrogens is 2. The average Bonchev–Trinajstić information content (AvgIpc) is 1.72. The first-order valence-electron chi connectivity index (χ1n) is 48.7. The summed E-state index contributed by atoms with van der Waals surface area (Å²) in [6.07, 6.45) is 61.4. The molecule has 0 radical (unpaired) electrons. The molecule has 0 amide bonds. The Morgan fingerprint density at radius 3 is 1.21 bits per heavy atom. The second-order valence-electron chi connectivity index (χ2n) is 35.5. The lowest BCUT2D eigenvalue weighted by molar-refractivity contribution is -0.0469. The summed E-state index contributed by atoms with van der Waals surface area (Å²) in [5.74, 6) is 1.38. The number of ether oxygens (including phenoxy) is 6. The fraction of sp³-hybridized carbons (Fsp3) is 0.776. The molecule has 0 spiro atoms. The van der Waals surface area contributed by atoms with Gasteiger partial charge in [0.2, 0.25) is 20.6 Å². The molecule has 6 rings (SSSR count). The SMILES string of the molecule is [C-]#[N+]CCOP(=S)(OC[C@H]1O[C@@H](n2cc(C)c(=O)[nH]c2=O)CC1O[Si](c1ccc(C(=O)OCc2cc(OCCCCCCCCCCCCCCCCCC)c(OCCCCCCCCCCCCCCCCCC)c(OCCCCCCCCCCCCCCCCCC)c2)cc1)(C(C)C)C(C)C)OC1C[C@H](n2cc(C)c(=O)[nH]c2=O)O[C@@H]1CC. The number of hydrogen-bond acceptors (Lipinski definition) is 16. The Labute approximate surface area is 736 Å². The zero-order chi connectivity index (χ0) is 87.1. The Morgan fingerprint density at radius 2 is 0.851 bits per heavy atom. The molecule has 2 saturated heterocycles. The van der Waals surface area contributed by atoms with Crippen LogP contribution in [0.2, 0.25) is 11.1 Å². The highest BCUT2D eigenvalue weighted by molar-refractivity contribution is 8.07. The Balaban J connectivity index is 1.18. The van der Waals surface area contributed by atoms with E-state index in [-0.39, 0.29) is 50.3 Å². The standard InChI is InChI=1S/C98H164N5O15PSSi/c1-12-16-19-22-25-28-31-34-37-40-43-46-49-52-55-58-66-109-88-70-82(71-89(110-67-59-56-53-50-47-44-41-38-35-32-29-26-23-20-17-13-2)93(88)111-68-60-57-54-51-48-45-42-39-36-33-30-27-24-21-18-14-3)76-112-96(106)83-61-63-84(64-62-83)121(78(5)6,79(7)8)118-87-73-92(103-75-81(10)95(105)101-98(103)108)116-90(87)77-114-119(120,113-69-65-99-11)117-86-72-91(115-85(86)15-4)102-74-80(9)94(104)100-97(102)107/h61-64,70-71,74-75,78-79,85-87,90-92H,12-60,65-69,72-73,76-77H2,1-10H3,(H,100,104,107)(H,101,105,108)/t85-,86?,87?,90-,91-,92-,119?/m1/s1. The quantitative estimate of drug-likeness (QED) is 0.0138. The van der Waals surface area contributed by atoms with Crippen molar-refractivity contribution in [2.75, 3.05) is 39.6 Å². The summed E-state index contributed by atoms with van der Waals surface area (Å²) in [6, 6.07) is 11.5. The van der Waals surface area contributed by atoms with Gasteiger partial charge >= 0.3 is 24.1 Å². The van der Waals surface area contributed by atoms with E-state index < -0.39 is 80.4 Å². The van der Waals surface area contributed by atoms with Crippen LogP contribution in [0.25, 0.3) is 4.85 Å². The van der Waals surface area contributed by atoms with Crippen molar-refractivity contribution < 1.29 is 51.2 Å². The van der Waals surface area contributed by atoms with Gasteiger partial charge in [-0.25, -0.2) is 21.0 Å². The van der Waals surface area contributed by atoms with E-state index in [1.54, 1.807) is 13.8 Å². The number of aromatic nitrogens is 4. The number of unbranched alkanes of at least 4 members (excludes halogenated alkanes) is 45. The average molecular weight is 1740 g/mol. The van der Waals surface area contributed by atoms with Crippen LogP contribution in [0, 0.1) is 20.4 Å². The van der Waals surface area contributed by atoms with Gasteiger partial charge in [-0.3, -0.25) is 28.7 Å². The summed E-state index contributed by atoms with van der Waals surface area (Å²) in [5, 5.41) is 0.927. The Bertz CT molecular complexity index is 3720. The van der Waals surface area contributed by atoms with E-state index in [0.29, 0.717) is 60.2 Å². The summed E-state index contributed by atoms with van der Waals surface area (Å²) in [6.45, 7) is 25.6. The number of esters is 1. The third-order valence-corrected chi connectivity index (χ3v) is 32.4. The van der Waals surface area contributed by atoms with Crippen LogP contribution >= 0.6 is 6.72 Å². The van der Waals surface area contributed by atoms with Crippen molar-refractivity contribution in [2.24, 2.45) is 0 Å². The number of benzene rings is 2. The second kappa shape index (κ2) is 62.0. The van der Waals surface area contributed by atoms with Crippen molar-refractivity contribution in [3.8, 4) is 17.2 Å². The Kier molecular flexibility index (Phi) is 53.6. The van der Waals surface area contributed by atoms with Gasteiger partial charge in [0.1, 0.15) is 31.8 Å². The van der Waals surface area contributed by atoms with Gasteiger partial charge in [-0.1, -0.05) is 356 Å². The number of rotatable bonds is 73. The van der Waals surface area contributed by atoms with Gasteiger partial charge in [0.15, 0.2) is 11.5 Å². The molecular weight excluding hydrogens is 1580 g/mol. The van der Waals surface area contributed by atoms with Crippen molar-refractivity contribution in [3.63, 3.8) is 0 Å². The van der Waals surface area contributed by atoms with Crippen LogP contribution in [0.4, 0.5) is 0 Å². The molecule has 2 fully saturated rings. The fourth-order valence-electron chi connectivity index (χ4n) is 17.3. The summed E-state index contributed by atoms with van der Waals surface area (Å²) in [7, 11) is -3.19. The van der Waals surface area contributed by atoms with E-state index in [1.165, 1.54) is 291 Å². The summed E-state index contributed by atoms with van der Waals surface area (Å²) in [4.78, 5) is 74.6. The molecule has 121 heavy (non-hydrogen) atoms. The van der Waals surface area contributed by atoms with E-state index in [2.05, 4.69) is 63.3 Å². The van der Waals surface area contributed by atoms with Gasteiger partial charge in [0, 0.05) is 36.4 Å². The molecule has 20 nitrogen and oxygen atoms in total. The first-order chi connectivity index (χ1) is 58.8. The largest absolute Gasteiger partial charge is 0.490 e. The van der Waals surface area contributed by atoms with Gasteiger partial charge < -0.3 is 51.3 Å². The van der Waals surface area contributed by atoms with Gasteiger partial charge in [0.25, 0.3) is 11.1 Å². The number of nitrogens with zero attached hydrogens (tertiary/aromatic N) is 3. The highest BCUT2D eigenvalue weighted by Crippen LogP contribution is 2.55.